The first-order chi connectivity index (χ1) is 6.63. The molecule has 0 aliphatic carbocycles. The molecule has 0 unspecified atom stereocenters. The van der Waals surface area contributed by atoms with E-state index in [0.29, 0.717) is 10.8 Å². The van der Waals surface area contributed by atoms with Crippen LogP contribution in [0.2, 0.25) is 0 Å². The van der Waals surface area contributed by atoms with E-state index in [1.165, 1.54) is 12.1 Å². The van der Waals surface area contributed by atoms with E-state index in [1.54, 1.807) is 6.07 Å². The number of hydrogen-bond acceptors (Lipinski definition) is 1. The molecule has 76 valence electrons. The number of thiocarbonyl (C=S) groups is 1. The first-order valence-electron chi connectivity index (χ1n) is 4.13. The van der Waals surface area contributed by atoms with Crippen molar-refractivity contribution in [2.45, 2.75) is 6.92 Å². The van der Waals surface area contributed by atoms with Gasteiger partial charge in [-0.3, -0.25) is 0 Å². The van der Waals surface area contributed by atoms with Crippen LogP contribution in [0.1, 0.15) is 6.92 Å². The minimum atomic E-state index is -0.296. The summed E-state index contributed by atoms with van der Waals surface area (Å²) < 4.78 is 13.6. The van der Waals surface area contributed by atoms with Crippen LogP contribution in [0.5, 0.6) is 0 Å². The third-order valence-electron chi connectivity index (χ3n) is 1.51. The fraction of sp³-hybridized carbons (Fsp3) is 0.222. The zero-order chi connectivity index (χ0) is 10.6. The third kappa shape index (κ3) is 3.23. The maximum Gasteiger partial charge on any atom is 0.170 e. The Morgan fingerprint density at radius 2 is 2.29 bits per heavy atom. The molecule has 0 fully saturated rings. The summed E-state index contributed by atoms with van der Waals surface area (Å²) in [7, 11) is 0. The molecule has 1 rings (SSSR count). The molecule has 0 aliphatic heterocycles. The summed E-state index contributed by atoms with van der Waals surface area (Å²) >= 11 is 8.27. The summed E-state index contributed by atoms with van der Waals surface area (Å²) in [5.74, 6) is -0.296. The molecule has 5 heteroatoms. The van der Waals surface area contributed by atoms with Crippen molar-refractivity contribution in [2.75, 3.05) is 11.9 Å². The summed E-state index contributed by atoms with van der Waals surface area (Å²) in [5.41, 5.74) is 0.621. The molecule has 0 aliphatic rings. The maximum absolute atomic E-state index is 12.9. The van der Waals surface area contributed by atoms with Crippen molar-refractivity contribution >= 4 is 38.9 Å². The van der Waals surface area contributed by atoms with E-state index in [0.717, 1.165) is 11.0 Å². The Morgan fingerprint density at radius 1 is 1.57 bits per heavy atom. The smallest absolute Gasteiger partial charge is 0.170 e. The first-order valence-corrected chi connectivity index (χ1v) is 5.33. The lowest BCUT2D eigenvalue weighted by Crippen LogP contribution is -2.28. The van der Waals surface area contributed by atoms with Crippen LogP contribution in [-0.2, 0) is 0 Å². The molecule has 0 spiro atoms. The average Bonchev–Trinajstić information content (AvgIpc) is 2.12. The van der Waals surface area contributed by atoms with Gasteiger partial charge in [-0.05, 0) is 53.3 Å². The van der Waals surface area contributed by atoms with E-state index in [2.05, 4.69) is 26.6 Å². The molecule has 0 saturated heterocycles. The number of hydrogen-bond donors (Lipinski definition) is 2. The van der Waals surface area contributed by atoms with Gasteiger partial charge in [0.15, 0.2) is 5.11 Å². The summed E-state index contributed by atoms with van der Waals surface area (Å²) in [4.78, 5) is 0. The van der Waals surface area contributed by atoms with Gasteiger partial charge in [0.1, 0.15) is 5.82 Å². The predicted molar refractivity (Wildman–Crippen MR) is 64.0 cm³/mol. The van der Waals surface area contributed by atoms with Gasteiger partial charge in [0.25, 0.3) is 0 Å². The Bertz CT molecular complexity index is 344. The summed E-state index contributed by atoms with van der Waals surface area (Å²) in [6, 6.07) is 4.39. The van der Waals surface area contributed by atoms with Crippen LogP contribution in [0.3, 0.4) is 0 Å². The van der Waals surface area contributed by atoms with Crippen molar-refractivity contribution < 1.29 is 4.39 Å². The number of benzene rings is 1. The average molecular weight is 277 g/mol. The van der Waals surface area contributed by atoms with Crippen LogP contribution in [0, 0.1) is 5.82 Å². The van der Waals surface area contributed by atoms with Crippen molar-refractivity contribution in [3.63, 3.8) is 0 Å². The standard InChI is InChI=1S/C9H10BrFN2S/c1-2-12-9(14)13-8-5-6(11)3-4-7(8)10/h3-5H,2H2,1H3,(H2,12,13,14). The summed E-state index contributed by atoms with van der Waals surface area (Å²) in [5, 5.41) is 6.29. The van der Waals surface area contributed by atoms with Gasteiger partial charge in [0.05, 0.1) is 5.69 Å². The predicted octanol–water partition coefficient (Wildman–Crippen LogP) is 2.89. The zero-order valence-corrected chi connectivity index (χ0v) is 10.0. The minimum Gasteiger partial charge on any atom is -0.363 e. The Balaban J connectivity index is 2.75. The van der Waals surface area contributed by atoms with E-state index in [9.17, 15) is 4.39 Å². The van der Waals surface area contributed by atoms with Crippen LogP contribution in [0.25, 0.3) is 0 Å². The molecule has 2 N–H and O–H groups in total. The van der Waals surface area contributed by atoms with Crippen molar-refractivity contribution in [1.29, 1.82) is 0 Å². The van der Waals surface area contributed by atoms with Crippen LogP contribution < -0.4 is 10.6 Å². The summed E-state index contributed by atoms with van der Waals surface area (Å²) in [6.45, 7) is 2.67. The molecule has 14 heavy (non-hydrogen) atoms. The molecule has 0 amide bonds. The quantitative estimate of drug-likeness (QED) is 0.813. The molecular formula is C9H10BrFN2S. The van der Waals surface area contributed by atoms with E-state index in [1.807, 2.05) is 6.92 Å². The fourth-order valence-corrected chi connectivity index (χ4v) is 1.52. The molecule has 0 heterocycles. The highest BCUT2D eigenvalue weighted by Crippen LogP contribution is 2.22. The topological polar surface area (TPSA) is 24.1 Å². The van der Waals surface area contributed by atoms with Gasteiger partial charge in [0.2, 0.25) is 0 Å². The van der Waals surface area contributed by atoms with E-state index < -0.39 is 0 Å². The normalized spacial score (nSPS) is 9.64. The van der Waals surface area contributed by atoms with Gasteiger partial charge in [-0.25, -0.2) is 4.39 Å². The fourth-order valence-electron chi connectivity index (χ4n) is 0.920. The minimum absolute atomic E-state index is 0.296. The van der Waals surface area contributed by atoms with Crippen LogP contribution in [0.15, 0.2) is 22.7 Å². The second-order valence-corrected chi connectivity index (χ2v) is 3.87. The van der Waals surface area contributed by atoms with Gasteiger partial charge in [0, 0.05) is 11.0 Å². The highest BCUT2D eigenvalue weighted by molar-refractivity contribution is 9.10. The first kappa shape index (κ1) is 11.4. The largest absolute Gasteiger partial charge is 0.363 e. The monoisotopic (exact) mass is 276 g/mol. The molecule has 1 aromatic rings. The number of nitrogens with one attached hydrogen (secondary N) is 2. The van der Waals surface area contributed by atoms with Gasteiger partial charge in [-0.15, -0.1) is 0 Å². The Hall–Kier alpha value is -0.680. The van der Waals surface area contributed by atoms with Gasteiger partial charge in [-0.1, -0.05) is 0 Å². The van der Waals surface area contributed by atoms with Gasteiger partial charge in [-0.2, -0.15) is 0 Å². The number of rotatable bonds is 2. The molecule has 0 radical (unpaired) electrons. The van der Waals surface area contributed by atoms with Crippen molar-refractivity contribution in [3.05, 3.63) is 28.5 Å². The van der Waals surface area contributed by atoms with E-state index >= 15 is 0 Å². The lowest BCUT2D eigenvalue weighted by molar-refractivity contribution is 0.628. The van der Waals surface area contributed by atoms with Gasteiger partial charge >= 0.3 is 0 Å². The van der Waals surface area contributed by atoms with Gasteiger partial charge < -0.3 is 10.6 Å². The summed E-state index contributed by atoms with van der Waals surface area (Å²) in [6.07, 6.45) is 0. The Kier molecular flexibility index (Phi) is 4.28. The second-order valence-electron chi connectivity index (χ2n) is 2.61. The molecule has 0 atom stereocenters. The molecular weight excluding hydrogens is 267 g/mol. The van der Waals surface area contributed by atoms with Crippen molar-refractivity contribution in [2.24, 2.45) is 0 Å². The highest BCUT2D eigenvalue weighted by atomic mass is 79.9. The Morgan fingerprint density at radius 3 is 2.93 bits per heavy atom. The van der Waals surface area contributed by atoms with Crippen LogP contribution >= 0.6 is 28.1 Å². The SMILES string of the molecule is CCNC(=S)Nc1cc(F)ccc1Br. The van der Waals surface area contributed by atoms with Crippen molar-refractivity contribution in [1.82, 2.24) is 5.32 Å². The van der Waals surface area contributed by atoms with E-state index in [4.69, 9.17) is 12.2 Å². The second kappa shape index (κ2) is 5.26. The molecule has 1 aromatic carbocycles. The molecule has 0 aromatic heterocycles. The number of anilines is 1. The van der Waals surface area contributed by atoms with Crippen LogP contribution in [-0.4, -0.2) is 11.7 Å². The van der Waals surface area contributed by atoms with Crippen molar-refractivity contribution in [3.8, 4) is 0 Å². The molecule has 2 nitrogen and oxygen atoms in total. The Labute approximate surface area is 96.0 Å². The zero-order valence-electron chi connectivity index (χ0n) is 7.60. The van der Waals surface area contributed by atoms with E-state index in [-0.39, 0.29) is 5.82 Å². The highest BCUT2D eigenvalue weighted by Gasteiger charge is 2.02. The molecule has 0 saturated carbocycles. The number of halogens is 2. The lowest BCUT2D eigenvalue weighted by atomic mass is 10.3. The lowest BCUT2D eigenvalue weighted by Gasteiger charge is -2.10. The third-order valence-corrected chi connectivity index (χ3v) is 2.45. The molecule has 0 bridgehead atoms. The van der Waals surface area contributed by atoms with Crippen LogP contribution in [0.4, 0.5) is 10.1 Å². The maximum atomic E-state index is 12.9.